The van der Waals surface area contributed by atoms with Crippen LogP contribution in [0.4, 0.5) is 4.79 Å². The van der Waals surface area contributed by atoms with E-state index in [4.69, 9.17) is 17.0 Å². The van der Waals surface area contributed by atoms with E-state index in [1.54, 1.807) is 20.8 Å². The first kappa shape index (κ1) is 34.3. The van der Waals surface area contributed by atoms with E-state index < -0.39 is 23.8 Å². The molecule has 0 radical (unpaired) electrons. The van der Waals surface area contributed by atoms with Gasteiger partial charge in [-0.25, -0.2) is 4.79 Å². The fourth-order valence-corrected chi connectivity index (χ4v) is 6.58. The standard InChI is InChI=1S/C32H48N4O4S.ClH/c1-32(2,3)40-31(39)36-22-26(37)20-28(36)30(41)34-27(15-14-23-10-6-4-7-11-23)29(38)33-25-16-18-35(19-17-25)21-24-12-8-5-9-13-24;/h5,8-9,12-13,23,25,27-28H,4,6-7,10-11,14-22H2,1-3H3,(H,33,38)(H,34,41);1H/t27-,28+;/m1./s1. The lowest BCUT2D eigenvalue weighted by Crippen LogP contribution is -2.55. The van der Waals surface area contributed by atoms with Crippen LogP contribution in [-0.2, 0) is 20.9 Å². The summed E-state index contributed by atoms with van der Waals surface area (Å²) >= 11 is 5.75. The lowest BCUT2D eigenvalue weighted by Gasteiger charge is -2.34. The van der Waals surface area contributed by atoms with Crippen LogP contribution in [0.1, 0.15) is 90.5 Å². The Kier molecular flexibility index (Phi) is 13.1. The van der Waals surface area contributed by atoms with Gasteiger partial charge >= 0.3 is 6.09 Å². The highest BCUT2D eigenvalue weighted by molar-refractivity contribution is 7.80. The molecule has 0 unspecified atom stereocenters. The van der Waals surface area contributed by atoms with E-state index in [1.807, 2.05) is 6.07 Å². The van der Waals surface area contributed by atoms with E-state index in [9.17, 15) is 14.4 Å². The maximum absolute atomic E-state index is 13.7. The molecule has 10 heteroatoms. The van der Waals surface area contributed by atoms with Crippen LogP contribution in [0.2, 0.25) is 0 Å². The van der Waals surface area contributed by atoms with Gasteiger partial charge in [-0.3, -0.25) is 19.4 Å². The quantitative estimate of drug-likeness (QED) is 0.357. The van der Waals surface area contributed by atoms with Crippen LogP contribution in [0.3, 0.4) is 0 Å². The van der Waals surface area contributed by atoms with Crippen molar-refractivity contribution < 1.29 is 19.1 Å². The first-order valence-corrected chi connectivity index (χ1v) is 15.9. The summed E-state index contributed by atoms with van der Waals surface area (Å²) in [7, 11) is 0. The Hall–Kier alpha value is -2.23. The second kappa shape index (κ2) is 16.0. The topological polar surface area (TPSA) is 91.0 Å². The number of hydrogen-bond donors (Lipinski definition) is 2. The molecule has 1 saturated carbocycles. The summed E-state index contributed by atoms with van der Waals surface area (Å²) < 4.78 is 5.54. The van der Waals surface area contributed by atoms with Crippen molar-refractivity contribution in [1.29, 1.82) is 0 Å². The largest absolute Gasteiger partial charge is 0.444 e. The SMILES string of the molecule is CC(C)(C)OC(=O)N1CC(=O)C[C@H]1C(=S)N[C@H](CCC1CCCCC1)C(=O)NC1CCN(Cc2ccccc2)CC1.Cl. The van der Waals surface area contributed by atoms with Gasteiger partial charge in [0, 0.05) is 32.1 Å². The van der Waals surface area contributed by atoms with E-state index >= 15 is 0 Å². The fraction of sp³-hybridized carbons (Fsp3) is 0.688. The minimum Gasteiger partial charge on any atom is -0.444 e. The third kappa shape index (κ3) is 10.5. The Morgan fingerprint density at radius 1 is 1.05 bits per heavy atom. The van der Waals surface area contributed by atoms with Crippen molar-refractivity contribution in [2.45, 2.75) is 115 Å². The molecule has 2 heterocycles. The molecule has 1 aromatic rings. The van der Waals surface area contributed by atoms with Crippen molar-refractivity contribution in [3.05, 3.63) is 35.9 Å². The fourth-order valence-electron chi connectivity index (χ4n) is 6.23. The summed E-state index contributed by atoms with van der Waals surface area (Å²) in [6.07, 6.45) is 9.26. The monoisotopic (exact) mass is 620 g/mol. The number of ketones is 1. The molecule has 0 bridgehead atoms. The number of likely N-dealkylation sites (tertiary alicyclic amines) is 2. The number of carbonyl (C=O) groups is 3. The first-order chi connectivity index (χ1) is 19.6. The number of thiocarbonyl (C=S) groups is 1. The molecule has 8 nitrogen and oxygen atoms in total. The number of Topliss-reactive ketones (excluding diaryl/α,β-unsaturated/α-hetero) is 1. The molecule has 0 spiro atoms. The van der Waals surface area contributed by atoms with E-state index in [0.29, 0.717) is 17.3 Å². The smallest absolute Gasteiger partial charge is 0.411 e. The highest BCUT2D eigenvalue weighted by atomic mass is 35.5. The lowest BCUT2D eigenvalue weighted by atomic mass is 9.85. The van der Waals surface area contributed by atoms with Crippen molar-refractivity contribution in [3.8, 4) is 0 Å². The Bertz CT molecular complexity index is 1050. The van der Waals surface area contributed by atoms with E-state index in [1.165, 1.54) is 42.6 Å². The third-order valence-electron chi connectivity index (χ3n) is 8.48. The molecule has 1 aliphatic carbocycles. The van der Waals surface area contributed by atoms with Crippen LogP contribution in [0, 0.1) is 5.92 Å². The van der Waals surface area contributed by atoms with Gasteiger partial charge in [0.25, 0.3) is 0 Å². The van der Waals surface area contributed by atoms with Crippen LogP contribution in [0.15, 0.2) is 30.3 Å². The van der Waals surface area contributed by atoms with Gasteiger partial charge in [-0.1, -0.05) is 74.7 Å². The average Bonchev–Trinajstić information content (AvgIpc) is 3.34. The predicted molar refractivity (Wildman–Crippen MR) is 172 cm³/mol. The lowest BCUT2D eigenvalue weighted by molar-refractivity contribution is -0.124. The highest BCUT2D eigenvalue weighted by Gasteiger charge is 2.40. The van der Waals surface area contributed by atoms with Crippen LogP contribution < -0.4 is 10.6 Å². The summed E-state index contributed by atoms with van der Waals surface area (Å²) in [5.74, 6) is 0.523. The Morgan fingerprint density at radius 2 is 1.71 bits per heavy atom. The molecule has 1 aromatic carbocycles. The molecule has 0 aromatic heterocycles. The number of nitrogens with zero attached hydrogens (tertiary/aromatic N) is 2. The number of halogens is 1. The number of piperidine rings is 1. The van der Waals surface area contributed by atoms with Crippen LogP contribution in [0.25, 0.3) is 0 Å². The number of ether oxygens (including phenoxy) is 1. The first-order valence-electron chi connectivity index (χ1n) is 15.5. The summed E-state index contributed by atoms with van der Waals surface area (Å²) in [4.78, 5) is 43.1. The zero-order valence-corrected chi connectivity index (χ0v) is 27.1. The number of amides is 2. The summed E-state index contributed by atoms with van der Waals surface area (Å²) in [6, 6.07) is 9.51. The van der Waals surface area contributed by atoms with Gasteiger partial charge in [-0.05, 0) is 57.9 Å². The molecular formula is C32H49ClN4O4S. The van der Waals surface area contributed by atoms with E-state index in [0.717, 1.165) is 38.9 Å². The van der Waals surface area contributed by atoms with Crippen molar-refractivity contribution >= 4 is 47.4 Å². The zero-order chi connectivity index (χ0) is 29.4. The third-order valence-corrected chi connectivity index (χ3v) is 8.87. The van der Waals surface area contributed by atoms with Gasteiger partial charge in [-0.15, -0.1) is 12.4 Å². The zero-order valence-electron chi connectivity index (χ0n) is 25.4. The van der Waals surface area contributed by atoms with Crippen LogP contribution >= 0.6 is 24.6 Å². The molecule has 4 rings (SSSR count). The van der Waals surface area contributed by atoms with Crippen LogP contribution in [0.5, 0.6) is 0 Å². The predicted octanol–water partition coefficient (Wildman–Crippen LogP) is 5.41. The van der Waals surface area contributed by atoms with Gasteiger partial charge in [0.15, 0.2) is 5.78 Å². The molecule has 42 heavy (non-hydrogen) atoms. The molecule has 2 N–H and O–H groups in total. The summed E-state index contributed by atoms with van der Waals surface area (Å²) in [6.45, 7) is 8.17. The molecule has 2 amide bonds. The number of hydrogen-bond acceptors (Lipinski definition) is 6. The molecule has 2 aliphatic heterocycles. The molecule has 2 saturated heterocycles. The highest BCUT2D eigenvalue weighted by Crippen LogP contribution is 2.28. The van der Waals surface area contributed by atoms with Gasteiger partial charge in [0.05, 0.1) is 17.6 Å². The van der Waals surface area contributed by atoms with Gasteiger partial charge in [0.1, 0.15) is 11.6 Å². The second-order valence-electron chi connectivity index (χ2n) is 13.1. The summed E-state index contributed by atoms with van der Waals surface area (Å²) in [5, 5.41) is 6.61. The van der Waals surface area contributed by atoms with E-state index in [2.05, 4.69) is 39.8 Å². The summed E-state index contributed by atoms with van der Waals surface area (Å²) in [5.41, 5.74) is 0.628. The van der Waals surface area contributed by atoms with Crippen LogP contribution in [-0.4, -0.2) is 75.9 Å². The number of rotatable bonds is 9. The maximum Gasteiger partial charge on any atom is 0.411 e. The van der Waals surface area contributed by atoms with Gasteiger partial charge < -0.3 is 15.4 Å². The van der Waals surface area contributed by atoms with Crippen molar-refractivity contribution in [2.75, 3.05) is 19.6 Å². The molecule has 3 fully saturated rings. The maximum atomic E-state index is 13.7. The Balaban J connectivity index is 0.00000484. The number of benzene rings is 1. The molecule has 2 atom stereocenters. The molecule has 234 valence electrons. The minimum absolute atomic E-state index is 0. The molecule has 3 aliphatic rings. The normalized spacial score (nSPS) is 21.4. The van der Waals surface area contributed by atoms with Crippen molar-refractivity contribution in [1.82, 2.24) is 20.4 Å². The average molecular weight is 621 g/mol. The van der Waals surface area contributed by atoms with Crippen molar-refractivity contribution in [2.24, 2.45) is 5.92 Å². The van der Waals surface area contributed by atoms with Crippen molar-refractivity contribution in [3.63, 3.8) is 0 Å². The van der Waals surface area contributed by atoms with E-state index in [-0.39, 0.29) is 43.1 Å². The van der Waals surface area contributed by atoms with Gasteiger partial charge in [-0.2, -0.15) is 0 Å². The second-order valence-corrected chi connectivity index (χ2v) is 13.5. The Morgan fingerprint density at radius 3 is 2.36 bits per heavy atom. The molecular weight excluding hydrogens is 572 g/mol. The number of carbonyl (C=O) groups excluding carboxylic acids is 3. The minimum atomic E-state index is -0.679. The Labute approximate surface area is 263 Å². The number of nitrogens with one attached hydrogen (secondary N) is 2. The van der Waals surface area contributed by atoms with Gasteiger partial charge in [0.2, 0.25) is 5.91 Å².